The van der Waals surface area contributed by atoms with Crippen molar-refractivity contribution >= 4 is 9.84 Å². The van der Waals surface area contributed by atoms with Crippen LogP contribution in [-0.4, -0.2) is 33.0 Å². The summed E-state index contributed by atoms with van der Waals surface area (Å²) in [4.78, 5) is 0. The van der Waals surface area contributed by atoms with E-state index in [0.717, 1.165) is 25.9 Å². The molecule has 0 aliphatic heterocycles. The van der Waals surface area contributed by atoms with Crippen LogP contribution in [-0.2, 0) is 9.84 Å². The fourth-order valence-electron chi connectivity index (χ4n) is 1.22. The lowest BCUT2D eigenvalue weighted by Crippen LogP contribution is -2.23. The van der Waals surface area contributed by atoms with Crippen LogP contribution < -0.4 is 5.32 Å². The molecule has 0 radical (unpaired) electrons. The van der Waals surface area contributed by atoms with Crippen molar-refractivity contribution in [1.29, 1.82) is 0 Å². The van der Waals surface area contributed by atoms with Crippen LogP contribution in [0.1, 0.15) is 33.6 Å². The summed E-state index contributed by atoms with van der Waals surface area (Å²) in [6.45, 7) is 7.95. The molecule has 0 saturated carbocycles. The summed E-state index contributed by atoms with van der Waals surface area (Å²) in [6, 6.07) is 0. The van der Waals surface area contributed by atoms with Gasteiger partial charge >= 0.3 is 0 Å². The van der Waals surface area contributed by atoms with E-state index in [9.17, 15) is 8.42 Å². The molecule has 0 bridgehead atoms. The van der Waals surface area contributed by atoms with E-state index in [1.807, 2.05) is 6.92 Å². The molecule has 86 valence electrons. The molecule has 0 amide bonds. The summed E-state index contributed by atoms with van der Waals surface area (Å²) < 4.78 is 22.6. The van der Waals surface area contributed by atoms with Crippen molar-refractivity contribution in [2.75, 3.05) is 24.6 Å². The van der Waals surface area contributed by atoms with Crippen LogP contribution in [0, 0.1) is 5.92 Å². The quantitative estimate of drug-likeness (QED) is 0.631. The molecule has 0 atom stereocenters. The Hall–Kier alpha value is -0.0900. The molecule has 0 fully saturated rings. The van der Waals surface area contributed by atoms with Crippen LogP contribution in [0.15, 0.2) is 0 Å². The summed E-state index contributed by atoms with van der Waals surface area (Å²) in [5.74, 6) is 1.28. The zero-order valence-corrected chi connectivity index (χ0v) is 10.4. The minimum atomic E-state index is -2.77. The van der Waals surface area contributed by atoms with E-state index < -0.39 is 9.84 Å². The van der Waals surface area contributed by atoms with Gasteiger partial charge in [0.05, 0.1) is 5.75 Å². The molecule has 3 nitrogen and oxygen atoms in total. The number of rotatable bonds is 8. The first-order valence-corrected chi connectivity index (χ1v) is 7.21. The summed E-state index contributed by atoms with van der Waals surface area (Å²) >= 11 is 0. The zero-order valence-electron chi connectivity index (χ0n) is 9.54. The van der Waals surface area contributed by atoms with Gasteiger partial charge in [0.15, 0.2) is 0 Å². The summed E-state index contributed by atoms with van der Waals surface area (Å²) in [6.07, 6.45) is 1.46. The molecule has 0 rings (SSSR count). The lowest BCUT2D eigenvalue weighted by Gasteiger charge is -2.07. The topological polar surface area (TPSA) is 46.2 Å². The number of hydrogen-bond donors (Lipinski definition) is 1. The summed E-state index contributed by atoms with van der Waals surface area (Å²) in [5, 5.41) is 3.24. The summed E-state index contributed by atoms with van der Waals surface area (Å²) in [7, 11) is -2.77. The molecule has 0 saturated heterocycles. The third-order valence-electron chi connectivity index (χ3n) is 1.88. The van der Waals surface area contributed by atoms with Gasteiger partial charge in [0.1, 0.15) is 9.84 Å². The Labute approximate surface area is 88.2 Å². The lowest BCUT2D eigenvalue weighted by atomic mass is 10.2. The second-order valence-corrected chi connectivity index (χ2v) is 6.41. The highest BCUT2D eigenvalue weighted by Gasteiger charge is 2.07. The Morgan fingerprint density at radius 1 is 1.21 bits per heavy atom. The van der Waals surface area contributed by atoms with Crippen molar-refractivity contribution in [2.45, 2.75) is 33.6 Å². The van der Waals surface area contributed by atoms with E-state index in [4.69, 9.17) is 0 Å². The van der Waals surface area contributed by atoms with Crippen molar-refractivity contribution in [3.8, 4) is 0 Å². The van der Waals surface area contributed by atoms with Crippen LogP contribution in [0.25, 0.3) is 0 Å². The molecule has 0 aromatic heterocycles. The summed E-state index contributed by atoms with van der Waals surface area (Å²) in [5.41, 5.74) is 0. The lowest BCUT2D eigenvalue weighted by molar-refractivity contribution is 0.546. The van der Waals surface area contributed by atoms with Crippen molar-refractivity contribution in [3.05, 3.63) is 0 Å². The highest BCUT2D eigenvalue weighted by Crippen LogP contribution is 1.96. The van der Waals surface area contributed by atoms with Gasteiger partial charge in [-0.25, -0.2) is 8.42 Å². The van der Waals surface area contributed by atoms with E-state index in [2.05, 4.69) is 19.2 Å². The van der Waals surface area contributed by atoms with Gasteiger partial charge in [-0.2, -0.15) is 0 Å². The highest BCUT2D eigenvalue weighted by atomic mass is 32.2. The number of hydrogen-bond acceptors (Lipinski definition) is 3. The standard InChI is InChI=1S/C10H23NO2S/c1-4-7-14(12,13)8-5-6-11-9-10(2)3/h10-11H,4-9H2,1-3H3. The first-order chi connectivity index (χ1) is 6.48. The van der Waals surface area contributed by atoms with Crippen LogP contribution in [0.2, 0.25) is 0 Å². The zero-order chi connectivity index (χ0) is 11.0. The van der Waals surface area contributed by atoms with E-state index in [1.54, 1.807) is 0 Å². The Balaban J connectivity index is 3.45. The number of sulfone groups is 1. The first kappa shape index (κ1) is 13.9. The third-order valence-corrected chi connectivity index (χ3v) is 3.82. The van der Waals surface area contributed by atoms with E-state index in [1.165, 1.54) is 0 Å². The largest absolute Gasteiger partial charge is 0.316 e. The van der Waals surface area contributed by atoms with Gasteiger partial charge in [0, 0.05) is 5.75 Å². The van der Waals surface area contributed by atoms with Gasteiger partial charge in [-0.15, -0.1) is 0 Å². The molecule has 0 aromatic rings. The molecule has 0 heterocycles. The first-order valence-electron chi connectivity index (χ1n) is 5.39. The monoisotopic (exact) mass is 221 g/mol. The predicted molar refractivity (Wildman–Crippen MR) is 61.3 cm³/mol. The molecular weight excluding hydrogens is 198 g/mol. The van der Waals surface area contributed by atoms with Crippen molar-refractivity contribution < 1.29 is 8.42 Å². The van der Waals surface area contributed by atoms with Crippen LogP contribution >= 0.6 is 0 Å². The average molecular weight is 221 g/mol. The minimum absolute atomic E-state index is 0.325. The van der Waals surface area contributed by atoms with Crippen molar-refractivity contribution in [3.63, 3.8) is 0 Å². The Morgan fingerprint density at radius 3 is 2.36 bits per heavy atom. The average Bonchev–Trinajstić information content (AvgIpc) is 2.02. The van der Waals surface area contributed by atoms with Gasteiger partial charge in [0.25, 0.3) is 0 Å². The maximum Gasteiger partial charge on any atom is 0.150 e. The van der Waals surface area contributed by atoms with Gasteiger partial charge in [0.2, 0.25) is 0 Å². The van der Waals surface area contributed by atoms with Crippen LogP contribution in [0.3, 0.4) is 0 Å². The Kier molecular flexibility index (Phi) is 7.19. The molecule has 0 aliphatic rings. The van der Waals surface area contributed by atoms with E-state index in [0.29, 0.717) is 17.4 Å². The second kappa shape index (κ2) is 7.23. The Bertz CT molecular complexity index is 222. The van der Waals surface area contributed by atoms with E-state index in [-0.39, 0.29) is 0 Å². The molecule has 0 spiro atoms. The van der Waals surface area contributed by atoms with Crippen LogP contribution in [0.4, 0.5) is 0 Å². The number of nitrogens with one attached hydrogen (secondary N) is 1. The molecule has 14 heavy (non-hydrogen) atoms. The van der Waals surface area contributed by atoms with Gasteiger partial charge in [-0.05, 0) is 31.8 Å². The maximum atomic E-state index is 11.3. The molecule has 0 aliphatic carbocycles. The van der Waals surface area contributed by atoms with E-state index >= 15 is 0 Å². The molecule has 0 unspecified atom stereocenters. The fraction of sp³-hybridized carbons (Fsp3) is 1.00. The van der Waals surface area contributed by atoms with Gasteiger partial charge in [-0.3, -0.25) is 0 Å². The van der Waals surface area contributed by atoms with Gasteiger partial charge in [-0.1, -0.05) is 20.8 Å². The normalized spacial score (nSPS) is 12.3. The van der Waals surface area contributed by atoms with Crippen LogP contribution in [0.5, 0.6) is 0 Å². The molecule has 1 N–H and O–H groups in total. The smallest absolute Gasteiger partial charge is 0.150 e. The SMILES string of the molecule is CCCS(=O)(=O)CCCNCC(C)C. The van der Waals surface area contributed by atoms with Crippen molar-refractivity contribution in [1.82, 2.24) is 5.32 Å². The molecule has 4 heteroatoms. The minimum Gasteiger partial charge on any atom is -0.316 e. The maximum absolute atomic E-state index is 11.3. The molecular formula is C10H23NO2S. The Morgan fingerprint density at radius 2 is 1.86 bits per heavy atom. The molecule has 0 aromatic carbocycles. The highest BCUT2D eigenvalue weighted by molar-refractivity contribution is 7.91. The van der Waals surface area contributed by atoms with Crippen molar-refractivity contribution in [2.24, 2.45) is 5.92 Å². The van der Waals surface area contributed by atoms with Gasteiger partial charge < -0.3 is 5.32 Å². The third kappa shape index (κ3) is 8.51. The second-order valence-electron chi connectivity index (χ2n) is 4.10. The predicted octanol–water partition coefficient (Wildman–Crippen LogP) is 1.45. The fourth-order valence-corrected chi connectivity index (χ4v) is 2.63.